The summed E-state index contributed by atoms with van der Waals surface area (Å²) in [6, 6.07) is 14.5. The van der Waals surface area contributed by atoms with Gasteiger partial charge in [-0.1, -0.05) is 31.2 Å². The average Bonchev–Trinajstić information content (AvgIpc) is 2.65. The average molecular weight is 335 g/mol. The molecule has 4 heteroatoms. The van der Waals surface area contributed by atoms with Crippen LogP contribution in [-0.2, 0) is 20.1 Å². The second-order valence-corrected chi connectivity index (χ2v) is 6.62. The molecule has 0 fully saturated rings. The van der Waals surface area contributed by atoms with Crippen molar-refractivity contribution in [3.05, 3.63) is 76.3 Å². The molecule has 25 heavy (non-hydrogen) atoms. The lowest BCUT2D eigenvalue weighted by atomic mass is 10.1. The Morgan fingerprint density at radius 1 is 1.16 bits per heavy atom. The molecule has 4 nitrogen and oxygen atoms in total. The van der Waals surface area contributed by atoms with Crippen LogP contribution in [0.5, 0.6) is 0 Å². The minimum absolute atomic E-state index is 0.0817. The highest BCUT2D eigenvalue weighted by molar-refractivity contribution is 5.79. The van der Waals surface area contributed by atoms with Gasteiger partial charge in [0.1, 0.15) is 0 Å². The Kier molecular flexibility index (Phi) is 5.29. The highest BCUT2D eigenvalue weighted by atomic mass is 16.1. The summed E-state index contributed by atoms with van der Waals surface area (Å²) in [5.74, 6) is 0. The van der Waals surface area contributed by atoms with E-state index < -0.39 is 0 Å². The minimum Gasteiger partial charge on any atom is -0.311 e. The molecule has 0 radical (unpaired) electrons. The maximum atomic E-state index is 12.8. The molecule has 3 rings (SSSR count). The Balaban J connectivity index is 1.95. The molecule has 1 aromatic carbocycles. The number of benzene rings is 1. The summed E-state index contributed by atoms with van der Waals surface area (Å²) in [5, 5.41) is 1.10. The van der Waals surface area contributed by atoms with Crippen LogP contribution in [0.4, 0.5) is 0 Å². The van der Waals surface area contributed by atoms with Crippen molar-refractivity contribution in [1.82, 2.24) is 14.5 Å². The maximum absolute atomic E-state index is 12.8. The van der Waals surface area contributed by atoms with Crippen molar-refractivity contribution in [3.8, 4) is 0 Å². The van der Waals surface area contributed by atoms with E-state index in [-0.39, 0.29) is 5.56 Å². The molecule has 0 aliphatic carbocycles. The van der Waals surface area contributed by atoms with Gasteiger partial charge in [-0.25, -0.2) is 0 Å². The maximum Gasteiger partial charge on any atom is 0.255 e. The smallest absolute Gasteiger partial charge is 0.255 e. The van der Waals surface area contributed by atoms with E-state index in [0.717, 1.165) is 29.4 Å². The lowest BCUT2D eigenvalue weighted by Crippen LogP contribution is -2.34. The highest BCUT2D eigenvalue weighted by Gasteiger charge is 2.16. The number of aryl methyl sites for hydroxylation is 1. The summed E-state index contributed by atoms with van der Waals surface area (Å²) < 4.78 is 1.75. The molecule has 0 aliphatic heterocycles. The molecule has 1 atom stereocenters. The quantitative estimate of drug-likeness (QED) is 0.689. The van der Waals surface area contributed by atoms with Crippen molar-refractivity contribution in [2.75, 3.05) is 0 Å². The van der Waals surface area contributed by atoms with Crippen molar-refractivity contribution in [3.63, 3.8) is 0 Å². The third-order valence-corrected chi connectivity index (χ3v) is 4.90. The van der Waals surface area contributed by atoms with Gasteiger partial charge < -0.3 is 4.57 Å². The zero-order chi connectivity index (χ0) is 17.8. The lowest BCUT2D eigenvalue weighted by molar-refractivity contribution is 0.185. The Hall–Kier alpha value is -2.46. The number of fused-ring (bicyclic) bond motifs is 1. The molecule has 2 aromatic heterocycles. The zero-order valence-corrected chi connectivity index (χ0v) is 15.1. The van der Waals surface area contributed by atoms with E-state index in [9.17, 15) is 4.79 Å². The van der Waals surface area contributed by atoms with E-state index >= 15 is 0 Å². The van der Waals surface area contributed by atoms with Gasteiger partial charge in [-0.3, -0.25) is 14.7 Å². The number of para-hydroxylation sites is 1. The van der Waals surface area contributed by atoms with Crippen LogP contribution in [-0.4, -0.2) is 20.5 Å². The molecule has 2 heterocycles. The molecule has 0 spiro atoms. The molecule has 0 aliphatic rings. The second kappa shape index (κ2) is 7.62. The van der Waals surface area contributed by atoms with Gasteiger partial charge in [0.25, 0.3) is 5.56 Å². The van der Waals surface area contributed by atoms with E-state index in [2.05, 4.69) is 35.9 Å². The van der Waals surface area contributed by atoms with Crippen molar-refractivity contribution in [2.45, 2.75) is 39.4 Å². The van der Waals surface area contributed by atoms with E-state index in [1.54, 1.807) is 10.8 Å². The molecule has 0 amide bonds. The molecule has 0 unspecified atom stereocenters. The van der Waals surface area contributed by atoms with Gasteiger partial charge in [0.05, 0.1) is 5.52 Å². The molecule has 0 saturated heterocycles. The third kappa shape index (κ3) is 3.80. The number of aromatic nitrogens is 2. The van der Waals surface area contributed by atoms with Crippen LogP contribution in [0.2, 0.25) is 0 Å². The third-order valence-electron chi connectivity index (χ3n) is 4.90. The summed E-state index contributed by atoms with van der Waals surface area (Å²) in [4.78, 5) is 19.4. The normalized spacial score (nSPS) is 12.6. The largest absolute Gasteiger partial charge is 0.311 e. The summed E-state index contributed by atoms with van der Waals surface area (Å²) in [5.41, 5.74) is 3.06. The van der Waals surface area contributed by atoms with E-state index in [4.69, 9.17) is 0 Å². The van der Waals surface area contributed by atoms with E-state index in [0.29, 0.717) is 12.6 Å². The summed E-state index contributed by atoms with van der Waals surface area (Å²) in [6.45, 7) is 5.82. The Labute approximate surface area is 148 Å². The summed E-state index contributed by atoms with van der Waals surface area (Å²) >= 11 is 0. The summed E-state index contributed by atoms with van der Waals surface area (Å²) in [6.07, 6.45) is 4.72. The van der Waals surface area contributed by atoms with E-state index in [1.165, 1.54) is 5.56 Å². The van der Waals surface area contributed by atoms with Gasteiger partial charge in [-0.05, 0) is 42.5 Å². The van der Waals surface area contributed by atoms with Crippen LogP contribution in [0, 0.1) is 0 Å². The fourth-order valence-corrected chi connectivity index (χ4v) is 3.17. The minimum atomic E-state index is 0.0817. The number of nitrogens with zero attached hydrogens (tertiary/aromatic N) is 3. The topological polar surface area (TPSA) is 38.1 Å². The fraction of sp³-hybridized carbons (Fsp3) is 0.333. The second-order valence-electron chi connectivity index (χ2n) is 6.62. The first kappa shape index (κ1) is 17.4. The number of rotatable bonds is 6. The van der Waals surface area contributed by atoms with Crippen molar-refractivity contribution < 1.29 is 0 Å². The van der Waals surface area contributed by atoms with Crippen LogP contribution in [0.25, 0.3) is 10.9 Å². The Morgan fingerprint density at radius 3 is 2.68 bits per heavy atom. The Morgan fingerprint density at radius 2 is 1.96 bits per heavy atom. The van der Waals surface area contributed by atoms with Crippen molar-refractivity contribution >= 4 is 10.9 Å². The first-order valence-electron chi connectivity index (χ1n) is 8.80. The number of pyridine rings is 2. The van der Waals surface area contributed by atoms with Gasteiger partial charge in [0, 0.05) is 44.1 Å². The first-order chi connectivity index (χ1) is 12.1. The molecule has 130 valence electrons. The highest BCUT2D eigenvalue weighted by Crippen LogP contribution is 2.17. The van der Waals surface area contributed by atoms with Gasteiger partial charge in [0.15, 0.2) is 0 Å². The zero-order valence-electron chi connectivity index (χ0n) is 15.1. The molecule has 3 aromatic rings. The van der Waals surface area contributed by atoms with Crippen LogP contribution < -0.4 is 5.56 Å². The molecular weight excluding hydrogens is 310 g/mol. The fourth-order valence-electron chi connectivity index (χ4n) is 3.17. The lowest BCUT2D eigenvalue weighted by Gasteiger charge is -2.28. The molecule has 0 bridgehead atoms. The predicted octanol–water partition coefficient (Wildman–Crippen LogP) is 3.73. The predicted molar refractivity (Wildman–Crippen MR) is 102 cm³/mol. The van der Waals surface area contributed by atoms with Gasteiger partial charge >= 0.3 is 0 Å². The SMILES string of the molecule is CC[C@@H](C)N(Cc1cccnc1)Cc1cc2ccccc2n(C)c1=O. The van der Waals surface area contributed by atoms with Crippen LogP contribution in [0.15, 0.2) is 59.7 Å². The van der Waals surface area contributed by atoms with Gasteiger partial charge in [-0.15, -0.1) is 0 Å². The monoisotopic (exact) mass is 335 g/mol. The van der Waals surface area contributed by atoms with Crippen LogP contribution in [0.1, 0.15) is 31.4 Å². The van der Waals surface area contributed by atoms with Gasteiger partial charge in [0.2, 0.25) is 0 Å². The van der Waals surface area contributed by atoms with Crippen molar-refractivity contribution in [1.29, 1.82) is 0 Å². The molecule has 0 N–H and O–H groups in total. The summed E-state index contributed by atoms with van der Waals surface area (Å²) in [7, 11) is 1.85. The van der Waals surface area contributed by atoms with Gasteiger partial charge in [-0.2, -0.15) is 0 Å². The standard InChI is InChI=1S/C21H25N3O/c1-4-16(2)24(14-17-8-7-11-22-13-17)15-19-12-18-9-5-6-10-20(18)23(3)21(19)25/h5-13,16H,4,14-15H2,1-3H3/t16-/m1/s1. The van der Waals surface area contributed by atoms with Crippen LogP contribution in [0.3, 0.4) is 0 Å². The Bertz CT molecular complexity index is 902. The first-order valence-corrected chi connectivity index (χ1v) is 8.80. The van der Waals surface area contributed by atoms with Crippen molar-refractivity contribution in [2.24, 2.45) is 7.05 Å². The molecular formula is C21H25N3O. The number of hydrogen-bond acceptors (Lipinski definition) is 3. The van der Waals surface area contributed by atoms with E-state index in [1.807, 2.05) is 43.6 Å². The molecule has 0 saturated carbocycles. The number of hydrogen-bond donors (Lipinski definition) is 0. The van der Waals surface area contributed by atoms with Crippen LogP contribution >= 0.6 is 0 Å².